The second kappa shape index (κ2) is 9.07. The molecule has 0 aromatic heterocycles. The molecule has 0 radical (unpaired) electrons. The molecule has 0 spiro atoms. The Morgan fingerprint density at radius 2 is 1.71 bits per heavy atom. The first kappa shape index (κ1) is 22.4. The summed E-state index contributed by atoms with van der Waals surface area (Å²) >= 11 is 0. The van der Waals surface area contributed by atoms with Crippen molar-refractivity contribution in [3.63, 3.8) is 0 Å². The topological polar surface area (TPSA) is 75.3 Å². The van der Waals surface area contributed by atoms with Crippen LogP contribution in [0.2, 0.25) is 0 Å². The largest absolute Gasteiger partial charge is 0.351 e. The van der Waals surface area contributed by atoms with E-state index in [2.05, 4.69) is 35.8 Å². The molecule has 1 saturated heterocycles. The minimum Gasteiger partial charge on any atom is -0.351 e. The van der Waals surface area contributed by atoms with Gasteiger partial charge in [0.05, 0.1) is 0 Å². The summed E-state index contributed by atoms with van der Waals surface area (Å²) in [6.45, 7) is 3.45. The van der Waals surface area contributed by atoms with Crippen LogP contribution in [0.5, 0.6) is 0 Å². The maximum atomic E-state index is 12.7. The van der Waals surface area contributed by atoms with E-state index in [0.717, 1.165) is 22.9 Å². The molecule has 0 atom stereocenters. The lowest BCUT2D eigenvalue weighted by atomic mass is 9.95. The van der Waals surface area contributed by atoms with Crippen molar-refractivity contribution in [3.8, 4) is 11.1 Å². The number of carbonyl (C=O) groups excluding carboxylic acids is 1. The zero-order valence-electron chi connectivity index (χ0n) is 16.2. The van der Waals surface area contributed by atoms with Crippen LogP contribution in [-0.4, -0.2) is 38.4 Å². The molecule has 7 heteroatoms. The Hall–Kier alpha value is -1.89. The van der Waals surface area contributed by atoms with Crippen molar-refractivity contribution in [2.24, 2.45) is 0 Å². The van der Waals surface area contributed by atoms with Gasteiger partial charge in [-0.1, -0.05) is 54.1 Å². The molecule has 1 amide bonds. The molecule has 5 nitrogen and oxygen atoms in total. The second-order valence-corrected chi connectivity index (χ2v) is 9.59. The van der Waals surface area contributed by atoms with Crippen molar-refractivity contribution in [3.05, 3.63) is 59.7 Å². The molecule has 1 aliphatic heterocycles. The van der Waals surface area contributed by atoms with Crippen molar-refractivity contribution in [1.82, 2.24) is 10.6 Å². The van der Waals surface area contributed by atoms with Gasteiger partial charge in [-0.3, -0.25) is 4.79 Å². The maximum absolute atomic E-state index is 12.7. The number of benzene rings is 2. The summed E-state index contributed by atoms with van der Waals surface area (Å²) in [6.07, 6.45) is 1.78. The summed E-state index contributed by atoms with van der Waals surface area (Å²) in [5.41, 5.74) is 4.41. The minimum absolute atomic E-state index is 0. The Morgan fingerprint density at radius 3 is 2.29 bits per heavy atom. The number of nitrogens with one attached hydrogen (secondary N) is 2. The van der Waals surface area contributed by atoms with Gasteiger partial charge in [-0.25, -0.2) is 8.42 Å². The first-order valence-corrected chi connectivity index (χ1v) is 11.1. The third kappa shape index (κ3) is 4.74. The van der Waals surface area contributed by atoms with Gasteiger partial charge in [-0.05, 0) is 49.5 Å². The lowest BCUT2D eigenvalue weighted by Crippen LogP contribution is -2.57. The molecule has 2 N–H and O–H groups in total. The Bertz CT molecular complexity index is 921. The quantitative estimate of drug-likeness (QED) is 0.776. The highest BCUT2D eigenvalue weighted by Gasteiger charge is 2.48. The third-order valence-corrected chi connectivity index (χ3v) is 7.31. The van der Waals surface area contributed by atoms with Gasteiger partial charge in [0.25, 0.3) is 0 Å². The van der Waals surface area contributed by atoms with E-state index in [4.69, 9.17) is 0 Å². The Kier molecular flexibility index (Phi) is 7.26. The smallest absolute Gasteiger partial charge is 0.241 e. The highest BCUT2D eigenvalue weighted by molar-refractivity contribution is 7.92. The molecule has 1 fully saturated rings. The van der Waals surface area contributed by atoms with Gasteiger partial charge in [-0.2, -0.15) is 0 Å². The fourth-order valence-electron chi connectivity index (χ4n) is 3.58. The van der Waals surface area contributed by atoms with Crippen LogP contribution >= 0.6 is 12.4 Å². The van der Waals surface area contributed by atoms with E-state index < -0.39 is 20.5 Å². The molecule has 0 saturated carbocycles. The summed E-state index contributed by atoms with van der Waals surface area (Å²) in [5, 5.41) is 5.96. The Labute approximate surface area is 173 Å². The van der Waals surface area contributed by atoms with Gasteiger partial charge in [0.15, 0.2) is 14.6 Å². The minimum atomic E-state index is -3.49. The number of halogens is 1. The number of aryl methyl sites for hydroxylation is 1. The molecule has 0 aliphatic carbocycles. The summed E-state index contributed by atoms with van der Waals surface area (Å²) in [6, 6.07) is 16.3. The highest BCUT2D eigenvalue weighted by Crippen LogP contribution is 2.28. The van der Waals surface area contributed by atoms with Crippen LogP contribution in [0, 0.1) is 6.92 Å². The molecular weight excluding hydrogens is 396 g/mol. The number of piperidine rings is 1. The van der Waals surface area contributed by atoms with Crippen LogP contribution in [0.15, 0.2) is 48.5 Å². The van der Waals surface area contributed by atoms with Crippen LogP contribution in [0.1, 0.15) is 24.0 Å². The van der Waals surface area contributed by atoms with E-state index in [-0.39, 0.29) is 12.4 Å². The zero-order chi connectivity index (χ0) is 19.5. The van der Waals surface area contributed by atoms with E-state index in [1.54, 1.807) is 0 Å². The van der Waals surface area contributed by atoms with Crippen molar-refractivity contribution >= 4 is 28.2 Å². The van der Waals surface area contributed by atoms with Crippen LogP contribution in [0.3, 0.4) is 0 Å². The van der Waals surface area contributed by atoms with E-state index in [1.165, 1.54) is 5.56 Å². The zero-order valence-corrected chi connectivity index (χ0v) is 17.8. The van der Waals surface area contributed by atoms with Gasteiger partial charge in [0, 0.05) is 12.8 Å². The monoisotopic (exact) mass is 422 g/mol. The maximum Gasteiger partial charge on any atom is 0.241 e. The molecule has 1 aliphatic rings. The van der Waals surface area contributed by atoms with Gasteiger partial charge < -0.3 is 10.6 Å². The van der Waals surface area contributed by atoms with Crippen molar-refractivity contribution in [1.29, 1.82) is 0 Å². The van der Waals surface area contributed by atoms with E-state index in [0.29, 0.717) is 32.5 Å². The highest BCUT2D eigenvalue weighted by atomic mass is 35.5. The fraction of sp³-hybridized carbons (Fsp3) is 0.381. The fourth-order valence-corrected chi connectivity index (χ4v) is 4.93. The SMILES string of the molecule is Cc1cccc(-c2ccc(CNC(=O)C3(S(C)(=O)=O)CCNCC3)cc2)c1.Cl. The number of amides is 1. The summed E-state index contributed by atoms with van der Waals surface area (Å²) in [7, 11) is -3.49. The van der Waals surface area contributed by atoms with Crippen LogP contribution in [0.25, 0.3) is 11.1 Å². The predicted octanol–water partition coefficient (Wildman–Crippen LogP) is 2.87. The molecule has 0 unspecified atom stereocenters. The normalized spacial score (nSPS) is 16.1. The number of hydrogen-bond acceptors (Lipinski definition) is 4. The number of carbonyl (C=O) groups is 1. The standard InChI is InChI=1S/C21H26N2O3S.ClH/c1-16-4-3-5-19(14-16)18-8-6-17(7-9-18)15-23-20(24)21(27(2,25)26)10-12-22-13-11-21;/h3-9,14,22H,10-13,15H2,1-2H3,(H,23,24);1H. The number of rotatable bonds is 5. The summed E-state index contributed by atoms with van der Waals surface area (Å²) in [5.74, 6) is -0.394. The van der Waals surface area contributed by atoms with E-state index in [1.807, 2.05) is 30.3 Å². The summed E-state index contributed by atoms with van der Waals surface area (Å²) in [4.78, 5) is 12.7. The predicted molar refractivity (Wildman–Crippen MR) is 115 cm³/mol. The summed E-state index contributed by atoms with van der Waals surface area (Å²) < 4.78 is 23.3. The van der Waals surface area contributed by atoms with Gasteiger partial charge in [0.2, 0.25) is 5.91 Å². The number of sulfone groups is 1. The second-order valence-electron chi connectivity index (χ2n) is 7.27. The molecule has 2 aromatic rings. The molecule has 2 aromatic carbocycles. The van der Waals surface area contributed by atoms with E-state index >= 15 is 0 Å². The Morgan fingerprint density at radius 1 is 1.07 bits per heavy atom. The third-order valence-electron chi connectivity index (χ3n) is 5.29. The van der Waals surface area contributed by atoms with Gasteiger partial charge >= 0.3 is 0 Å². The average molecular weight is 423 g/mol. The van der Waals surface area contributed by atoms with Crippen molar-refractivity contribution < 1.29 is 13.2 Å². The first-order chi connectivity index (χ1) is 12.8. The molecule has 152 valence electrons. The van der Waals surface area contributed by atoms with Crippen LogP contribution in [0.4, 0.5) is 0 Å². The molecule has 0 bridgehead atoms. The molecule has 1 heterocycles. The molecular formula is C21H27ClN2O3S. The van der Waals surface area contributed by atoms with Crippen LogP contribution < -0.4 is 10.6 Å². The first-order valence-electron chi connectivity index (χ1n) is 9.16. The Balaban J connectivity index is 0.00000280. The number of hydrogen-bond donors (Lipinski definition) is 2. The lowest BCUT2D eigenvalue weighted by Gasteiger charge is -2.34. The van der Waals surface area contributed by atoms with Gasteiger partial charge in [-0.15, -0.1) is 12.4 Å². The average Bonchev–Trinajstić information content (AvgIpc) is 2.66. The van der Waals surface area contributed by atoms with Crippen LogP contribution in [-0.2, 0) is 21.2 Å². The van der Waals surface area contributed by atoms with E-state index in [9.17, 15) is 13.2 Å². The molecule has 3 rings (SSSR count). The van der Waals surface area contributed by atoms with Crippen molar-refractivity contribution in [2.45, 2.75) is 31.1 Å². The lowest BCUT2D eigenvalue weighted by molar-refractivity contribution is -0.124. The van der Waals surface area contributed by atoms with Crippen molar-refractivity contribution in [2.75, 3.05) is 19.3 Å². The van der Waals surface area contributed by atoms with Gasteiger partial charge in [0.1, 0.15) is 0 Å². The molecule has 28 heavy (non-hydrogen) atoms.